The zero-order valence-corrected chi connectivity index (χ0v) is 6.27. The molecule has 1 unspecified atom stereocenters. The zero-order chi connectivity index (χ0) is 6.85. The molecule has 9 heavy (non-hydrogen) atoms. The summed E-state index contributed by atoms with van der Waals surface area (Å²) in [6.07, 6.45) is -1.11. The van der Waals surface area contributed by atoms with E-state index in [9.17, 15) is 0 Å². The number of aliphatic hydroxyl groups excluding tert-OH is 1. The van der Waals surface area contributed by atoms with E-state index < -0.39 is 6.29 Å². The second-order valence-corrected chi connectivity index (χ2v) is 3.65. The maximum Gasteiger partial charge on any atom is 0.154 e. The molecule has 3 heteroatoms. The molecule has 0 bridgehead atoms. The van der Waals surface area contributed by atoms with Crippen LogP contribution in [-0.4, -0.2) is 28.0 Å². The van der Waals surface area contributed by atoms with Crippen LogP contribution >= 0.6 is 11.8 Å². The summed E-state index contributed by atoms with van der Waals surface area (Å²) in [5, 5.41) is 17.4. The van der Waals surface area contributed by atoms with E-state index in [4.69, 9.17) is 10.2 Å². The Balaban J connectivity index is 2.23. The molecule has 1 atom stereocenters. The molecule has 1 aliphatic rings. The van der Waals surface area contributed by atoms with Gasteiger partial charge in [0.25, 0.3) is 0 Å². The maximum absolute atomic E-state index is 8.70. The van der Waals surface area contributed by atoms with Crippen LogP contribution in [0.5, 0.6) is 0 Å². The third-order valence-corrected chi connectivity index (χ3v) is 3.21. The number of rotatable bonds is 2. The van der Waals surface area contributed by atoms with Gasteiger partial charge >= 0.3 is 0 Å². The van der Waals surface area contributed by atoms with Gasteiger partial charge in [-0.1, -0.05) is 6.92 Å². The van der Waals surface area contributed by atoms with Gasteiger partial charge < -0.3 is 10.2 Å². The van der Waals surface area contributed by atoms with Crippen LogP contribution in [0.15, 0.2) is 0 Å². The lowest BCUT2D eigenvalue weighted by Crippen LogP contribution is -2.33. The molecule has 2 N–H and O–H groups in total. The minimum absolute atomic E-state index is 0.0613. The molecular weight excluding hydrogens is 136 g/mol. The van der Waals surface area contributed by atoms with Crippen LogP contribution in [0.25, 0.3) is 0 Å². The summed E-state index contributed by atoms with van der Waals surface area (Å²) in [7, 11) is 0. The van der Waals surface area contributed by atoms with Gasteiger partial charge in [-0.05, 0) is 17.4 Å². The molecule has 0 aromatic carbocycles. The van der Waals surface area contributed by atoms with Crippen LogP contribution in [0.1, 0.15) is 6.92 Å². The molecule has 0 radical (unpaired) electrons. The van der Waals surface area contributed by atoms with Crippen molar-refractivity contribution < 1.29 is 10.2 Å². The third kappa shape index (κ3) is 1.60. The second-order valence-electron chi connectivity index (χ2n) is 2.57. The maximum atomic E-state index is 8.70. The van der Waals surface area contributed by atoms with Crippen molar-refractivity contribution >= 4 is 11.8 Å². The van der Waals surface area contributed by atoms with Crippen molar-refractivity contribution in [1.29, 1.82) is 0 Å². The fraction of sp³-hybridized carbons (Fsp3) is 1.00. The monoisotopic (exact) mass is 148 g/mol. The fourth-order valence-corrected chi connectivity index (χ4v) is 1.92. The van der Waals surface area contributed by atoms with Crippen LogP contribution in [-0.2, 0) is 0 Å². The highest BCUT2D eigenvalue weighted by Gasteiger charge is 2.28. The van der Waals surface area contributed by atoms with Crippen molar-refractivity contribution in [2.45, 2.75) is 13.2 Å². The van der Waals surface area contributed by atoms with Crippen LogP contribution < -0.4 is 0 Å². The van der Waals surface area contributed by atoms with E-state index in [1.54, 1.807) is 0 Å². The predicted molar refractivity (Wildman–Crippen MR) is 38.2 cm³/mol. The Labute approximate surface area is 59.3 Å². The Morgan fingerprint density at radius 1 is 1.44 bits per heavy atom. The minimum Gasteiger partial charge on any atom is -0.368 e. The van der Waals surface area contributed by atoms with Crippen molar-refractivity contribution in [3.05, 3.63) is 0 Å². The van der Waals surface area contributed by atoms with Crippen LogP contribution in [0.4, 0.5) is 0 Å². The Kier molecular flexibility index (Phi) is 2.38. The van der Waals surface area contributed by atoms with E-state index >= 15 is 0 Å². The van der Waals surface area contributed by atoms with E-state index in [1.807, 2.05) is 18.7 Å². The Morgan fingerprint density at radius 2 is 2.00 bits per heavy atom. The SMILES string of the molecule is CC(C(O)O)C1CSC1. The van der Waals surface area contributed by atoms with Crippen LogP contribution in [0.3, 0.4) is 0 Å². The van der Waals surface area contributed by atoms with Crippen molar-refractivity contribution in [3.8, 4) is 0 Å². The lowest BCUT2D eigenvalue weighted by Gasteiger charge is -2.31. The molecular formula is C6H12O2S. The van der Waals surface area contributed by atoms with Gasteiger partial charge in [0.1, 0.15) is 0 Å². The first-order valence-corrected chi connectivity index (χ1v) is 4.31. The molecule has 1 aliphatic heterocycles. The van der Waals surface area contributed by atoms with Gasteiger partial charge in [0.05, 0.1) is 0 Å². The summed E-state index contributed by atoms with van der Waals surface area (Å²) >= 11 is 1.87. The summed E-state index contributed by atoms with van der Waals surface area (Å²) in [6.45, 7) is 1.88. The topological polar surface area (TPSA) is 40.5 Å². The number of aliphatic hydroxyl groups is 2. The van der Waals surface area contributed by atoms with Gasteiger partial charge in [-0.15, -0.1) is 0 Å². The van der Waals surface area contributed by atoms with E-state index in [0.717, 1.165) is 11.5 Å². The molecule has 0 aromatic heterocycles. The lowest BCUT2D eigenvalue weighted by atomic mass is 9.97. The average molecular weight is 148 g/mol. The minimum atomic E-state index is -1.11. The molecule has 0 saturated carbocycles. The highest BCUT2D eigenvalue weighted by Crippen LogP contribution is 2.31. The standard InChI is InChI=1S/C6H12O2S/c1-4(6(7)8)5-2-9-3-5/h4-8H,2-3H2,1H3. The number of hydrogen-bond donors (Lipinski definition) is 2. The second kappa shape index (κ2) is 2.90. The third-order valence-electron chi connectivity index (χ3n) is 1.88. The van der Waals surface area contributed by atoms with E-state index in [0.29, 0.717) is 5.92 Å². The summed E-state index contributed by atoms with van der Waals surface area (Å²) in [5.74, 6) is 2.79. The van der Waals surface area contributed by atoms with E-state index in [2.05, 4.69) is 0 Å². The van der Waals surface area contributed by atoms with Gasteiger partial charge in [-0.25, -0.2) is 0 Å². The van der Waals surface area contributed by atoms with Crippen LogP contribution in [0.2, 0.25) is 0 Å². The first-order chi connectivity index (χ1) is 4.22. The molecule has 54 valence electrons. The van der Waals surface area contributed by atoms with Gasteiger partial charge in [-0.2, -0.15) is 11.8 Å². The summed E-state index contributed by atoms with van der Waals surface area (Å²) in [6, 6.07) is 0. The summed E-state index contributed by atoms with van der Waals surface area (Å²) in [4.78, 5) is 0. The van der Waals surface area contributed by atoms with E-state index in [1.165, 1.54) is 0 Å². The highest BCUT2D eigenvalue weighted by molar-refractivity contribution is 8.00. The number of thioether (sulfide) groups is 1. The van der Waals surface area contributed by atoms with Crippen molar-refractivity contribution in [2.75, 3.05) is 11.5 Å². The van der Waals surface area contributed by atoms with Crippen molar-refractivity contribution in [3.63, 3.8) is 0 Å². The van der Waals surface area contributed by atoms with Crippen molar-refractivity contribution in [1.82, 2.24) is 0 Å². The molecule has 0 amide bonds. The quantitative estimate of drug-likeness (QED) is 0.553. The Hall–Kier alpha value is 0.270. The first-order valence-electron chi connectivity index (χ1n) is 3.15. The number of hydrogen-bond acceptors (Lipinski definition) is 3. The van der Waals surface area contributed by atoms with E-state index in [-0.39, 0.29) is 5.92 Å². The highest BCUT2D eigenvalue weighted by atomic mass is 32.2. The summed E-state index contributed by atoms with van der Waals surface area (Å²) in [5.41, 5.74) is 0. The smallest absolute Gasteiger partial charge is 0.154 e. The lowest BCUT2D eigenvalue weighted by molar-refractivity contribution is -0.0904. The fourth-order valence-electron chi connectivity index (χ4n) is 0.801. The predicted octanol–water partition coefficient (Wildman–Crippen LogP) is 0.296. The molecule has 1 heterocycles. The molecule has 1 saturated heterocycles. The largest absolute Gasteiger partial charge is 0.368 e. The molecule has 0 aromatic rings. The van der Waals surface area contributed by atoms with Gasteiger partial charge in [-0.3, -0.25) is 0 Å². The van der Waals surface area contributed by atoms with Gasteiger partial charge in [0, 0.05) is 5.92 Å². The van der Waals surface area contributed by atoms with Gasteiger partial charge in [0.15, 0.2) is 6.29 Å². The Bertz CT molecular complexity index is 91.1. The molecule has 0 spiro atoms. The average Bonchev–Trinajstić information content (AvgIpc) is 1.60. The molecule has 2 nitrogen and oxygen atoms in total. The van der Waals surface area contributed by atoms with Gasteiger partial charge in [0.2, 0.25) is 0 Å². The summed E-state index contributed by atoms with van der Waals surface area (Å²) < 4.78 is 0. The van der Waals surface area contributed by atoms with Crippen LogP contribution in [0, 0.1) is 11.8 Å². The first kappa shape index (κ1) is 7.38. The van der Waals surface area contributed by atoms with Crippen molar-refractivity contribution in [2.24, 2.45) is 11.8 Å². The Morgan fingerprint density at radius 3 is 2.11 bits per heavy atom. The zero-order valence-electron chi connectivity index (χ0n) is 5.45. The molecule has 1 rings (SSSR count). The molecule has 1 fully saturated rings. The molecule has 0 aliphatic carbocycles. The normalized spacial score (nSPS) is 24.0.